The van der Waals surface area contributed by atoms with Gasteiger partial charge in [0.15, 0.2) is 0 Å². The summed E-state index contributed by atoms with van der Waals surface area (Å²) in [6.07, 6.45) is 4.98. The number of aliphatic carboxylic acids is 1. The zero-order valence-electron chi connectivity index (χ0n) is 7.56. The molecule has 0 saturated carbocycles. The Balaban J connectivity index is 2.81. The Hall–Kier alpha value is -1.95. The van der Waals surface area contributed by atoms with Crippen molar-refractivity contribution in [3.63, 3.8) is 0 Å². The summed E-state index contributed by atoms with van der Waals surface area (Å²) in [5.74, 6) is 1.97. The van der Waals surface area contributed by atoms with Crippen molar-refractivity contribution in [2.24, 2.45) is 0 Å². The molecule has 0 aliphatic rings. The fourth-order valence-electron chi connectivity index (χ4n) is 1.07. The van der Waals surface area contributed by atoms with Gasteiger partial charge in [0.2, 0.25) is 0 Å². The number of terminal acetylenes is 1. The Bertz CT molecular complexity index is 363. The van der Waals surface area contributed by atoms with Gasteiger partial charge in [-0.05, 0) is 6.07 Å². The molecule has 0 unspecified atom stereocenters. The fraction of sp³-hybridized carbons (Fsp3) is 0.182. The molecule has 0 radical (unpaired) electrons. The van der Waals surface area contributed by atoms with Crippen LogP contribution in [-0.4, -0.2) is 17.7 Å². The number of para-hydroxylation sites is 1. The lowest BCUT2D eigenvalue weighted by Crippen LogP contribution is -2.03. The number of hydrogen-bond donors (Lipinski definition) is 1. The molecule has 1 rings (SSSR count). The van der Waals surface area contributed by atoms with Gasteiger partial charge in [-0.3, -0.25) is 4.79 Å². The van der Waals surface area contributed by atoms with E-state index in [9.17, 15) is 4.79 Å². The maximum Gasteiger partial charge on any atom is 0.307 e. The number of carboxylic acids is 1. The van der Waals surface area contributed by atoms with Gasteiger partial charge in [0.25, 0.3) is 0 Å². The zero-order chi connectivity index (χ0) is 10.4. The summed E-state index contributed by atoms with van der Waals surface area (Å²) in [5, 5.41) is 8.62. The molecular weight excluding hydrogens is 180 g/mol. The van der Waals surface area contributed by atoms with Crippen LogP contribution in [0.1, 0.15) is 5.56 Å². The van der Waals surface area contributed by atoms with Gasteiger partial charge >= 0.3 is 5.97 Å². The molecule has 1 aromatic carbocycles. The first-order valence-electron chi connectivity index (χ1n) is 4.10. The number of carboxylic acid groups (broad SMARTS) is 1. The number of ether oxygens (including phenoxy) is 1. The summed E-state index contributed by atoms with van der Waals surface area (Å²) in [6.45, 7) is 0.149. The minimum absolute atomic E-state index is 0.0548. The number of benzene rings is 1. The Kier molecular flexibility index (Phi) is 3.57. The second-order valence-corrected chi connectivity index (χ2v) is 2.67. The van der Waals surface area contributed by atoms with E-state index >= 15 is 0 Å². The van der Waals surface area contributed by atoms with Crippen molar-refractivity contribution >= 4 is 5.97 Å². The first-order chi connectivity index (χ1) is 6.74. The van der Waals surface area contributed by atoms with E-state index in [0.29, 0.717) is 11.3 Å². The summed E-state index contributed by atoms with van der Waals surface area (Å²) in [7, 11) is 0. The Morgan fingerprint density at radius 1 is 1.50 bits per heavy atom. The molecule has 0 saturated heterocycles. The summed E-state index contributed by atoms with van der Waals surface area (Å²) in [6, 6.07) is 6.95. The lowest BCUT2D eigenvalue weighted by molar-refractivity contribution is -0.136. The average Bonchev–Trinajstić information content (AvgIpc) is 2.16. The second-order valence-electron chi connectivity index (χ2n) is 2.67. The molecule has 0 heterocycles. The van der Waals surface area contributed by atoms with Crippen LogP contribution in [0.5, 0.6) is 5.75 Å². The van der Waals surface area contributed by atoms with E-state index in [2.05, 4.69) is 5.92 Å². The fourth-order valence-corrected chi connectivity index (χ4v) is 1.07. The number of rotatable bonds is 4. The third kappa shape index (κ3) is 2.83. The van der Waals surface area contributed by atoms with E-state index in [4.69, 9.17) is 16.3 Å². The maximum absolute atomic E-state index is 10.5. The van der Waals surface area contributed by atoms with Gasteiger partial charge in [0.1, 0.15) is 12.4 Å². The molecule has 3 nitrogen and oxygen atoms in total. The molecule has 0 aliphatic carbocycles. The monoisotopic (exact) mass is 190 g/mol. The van der Waals surface area contributed by atoms with Crippen LogP contribution in [0.15, 0.2) is 24.3 Å². The quantitative estimate of drug-likeness (QED) is 0.728. The summed E-state index contributed by atoms with van der Waals surface area (Å²) >= 11 is 0. The van der Waals surface area contributed by atoms with Gasteiger partial charge in [0.05, 0.1) is 6.42 Å². The molecule has 0 amide bonds. The highest BCUT2D eigenvalue weighted by molar-refractivity contribution is 5.71. The largest absolute Gasteiger partial charge is 0.481 e. The van der Waals surface area contributed by atoms with Gasteiger partial charge in [-0.2, -0.15) is 0 Å². The molecule has 14 heavy (non-hydrogen) atoms. The Morgan fingerprint density at radius 2 is 2.21 bits per heavy atom. The molecule has 0 aliphatic heterocycles. The molecule has 3 heteroatoms. The highest BCUT2D eigenvalue weighted by atomic mass is 16.5. The molecule has 72 valence electrons. The van der Waals surface area contributed by atoms with Crippen LogP contribution in [0.4, 0.5) is 0 Å². The molecule has 0 spiro atoms. The normalized spacial score (nSPS) is 9.07. The third-order valence-electron chi connectivity index (χ3n) is 1.63. The number of hydrogen-bond acceptors (Lipinski definition) is 2. The van der Waals surface area contributed by atoms with E-state index in [1.807, 2.05) is 0 Å². The highest BCUT2D eigenvalue weighted by Crippen LogP contribution is 2.18. The summed E-state index contributed by atoms with van der Waals surface area (Å²) in [5.41, 5.74) is 0.634. The minimum atomic E-state index is -0.887. The third-order valence-corrected chi connectivity index (χ3v) is 1.63. The van der Waals surface area contributed by atoms with E-state index < -0.39 is 5.97 Å². The maximum atomic E-state index is 10.5. The van der Waals surface area contributed by atoms with Crippen LogP contribution in [0.25, 0.3) is 0 Å². The van der Waals surface area contributed by atoms with Gasteiger partial charge in [-0.15, -0.1) is 6.42 Å². The van der Waals surface area contributed by atoms with Crippen LogP contribution >= 0.6 is 0 Å². The summed E-state index contributed by atoms with van der Waals surface area (Å²) < 4.78 is 5.19. The Labute approximate surface area is 82.3 Å². The topological polar surface area (TPSA) is 46.5 Å². The van der Waals surface area contributed by atoms with Crippen LogP contribution in [0, 0.1) is 12.3 Å². The highest BCUT2D eigenvalue weighted by Gasteiger charge is 2.06. The van der Waals surface area contributed by atoms with Crippen molar-refractivity contribution in [3.8, 4) is 18.1 Å². The molecule has 0 atom stereocenters. The van der Waals surface area contributed by atoms with E-state index in [-0.39, 0.29) is 13.0 Å². The summed E-state index contributed by atoms with van der Waals surface area (Å²) in [4.78, 5) is 10.5. The van der Waals surface area contributed by atoms with Crippen LogP contribution in [-0.2, 0) is 11.2 Å². The molecule has 1 aromatic rings. The van der Waals surface area contributed by atoms with Crippen LogP contribution in [0.3, 0.4) is 0 Å². The van der Waals surface area contributed by atoms with Crippen LogP contribution in [0.2, 0.25) is 0 Å². The molecule has 0 fully saturated rings. The molecule has 0 aromatic heterocycles. The van der Waals surface area contributed by atoms with E-state index in [0.717, 1.165) is 0 Å². The first-order valence-corrected chi connectivity index (χ1v) is 4.10. The standard InChI is InChI=1S/C11H10O3/c1-2-7-14-10-6-4-3-5-9(10)8-11(12)13/h1,3-6H,7-8H2,(H,12,13). The molecular formula is C11H10O3. The van der Waals surface area contributed by atoms with Gasteiger partial charge in [0, 0.05) is 5.56 Å². The first kappa shape index (κ1) is 10.1. The van der Waals surface area contributed by atoms with E-state index in [1.54, 1.807) is 24.3 Å². The zero-order valence-corrected chi connectivity index (χ0v) is 7.56. The van der Waals surface area contributed by atoms with Crippen molar-refractivity contribution in [1.29, 1.82) is 0 Å². The predicted octanol–water partition coefficient (Wildman–Crippen LogP) is 1.33. The molecule has 1 N–H and O–H groups in total. The van der Waals surface area contributed by atoms with Crippen molar-refractivity contribution in [2.45, 2.75) is 6.42 Å². The minimum Gasteiger partial charge on any atom is -0.481 e. The van der Waals surface area contributed by atoms with Gasteiger partial charge < -0.3 is 9.84 Å². The van der Waals surface area contributed by atoms with Crippen LogP contribution < -0.4 is 4.74 Å². The van der Waals surface area contributed by atoms with Crippen molar-refractivity contribution in [1.82, 2.24) is 0 Å². The second kappa shape index (κ2) is 4.93. The molecule has 0 bridgehead atoms. The van der Waals surface area contributed by atoms with Crippen molar-refractivity contribution < 1.29 is 14.6 Å². The lowest BCUT2D eigenvalue weighted by Gasteiger charge is -2.06. The van der Waals surface area contributed by atoms with Crippen molar-refractivity contribution in [2.75, 3.05) is 6.61 Å². The SMILES string of the molecule is C#CCOc1ccccc1CC(=O)O. The van der Waals surface area contributed by atoms with E-state index in [1.165, 1.54) is 0 Å². The van der Waals surface area contributed by atoms with Crippen molar-refractivity contribution in [3.05, 3.63) is 29.8 Å². The lowest BCUT2D eigenvalue weighted by atomic mass is 10.1. The Morgan fingerprint density at radius 3 is 2.86 bits per heavy atom. The number of carbonyl (C=O) groups is 1. The predicted molar refractivity (Wildman–Crippen MR) is 52.1 cm³/mol. The van der Waals surface area contributed by atoms with Gasteiger partial charge in [-0.25, -0.2) is 0 Å². The van der Waals surface area contributed by atoms with Gasteiger partial charge in [-0.1, -0.05) is 24.1 Å². The smallest absolute Gasteiger partial charge is 0.307 e. The average molecular weight is 190 g/mol.